The summed E-state index contributed by atoms with van der Waals surface area (Å²) in [4.78, 5) is 16.0. The Kier molecular flexibility index (Phi) is 5.06. The van der Waals surface area contributed by atoms with Gasteiger partial charge in [-0.25, -0.2) is 0 Å². The molecule has 3 nitrogen and oxygen atoms in total. The van der Waals surface area contributed by atoms with E-state index in [4.69, 9.17) is 0 Å². The second-order valence-electron chi connectivity index (χ2n) is 7.55. The highest BCUT2D eigenvalue weighted by Gasteiger charge is 2.30. The Morgan fingerprint density at radius 2 is 1.45 bits per heavy atom. The lowest BCUT2D eigenvalue weighted by atomic mass is 9.97. The Balaban J connectivity index is 1.59. The minimum Gasteiger partial charge on any atom is -0.506 e. The summed E-state index contributed by atoms with van der Waals surface area (Å²) in [7, 11) is 0. The fraction of sp³-hybridized carbons (Fsp3) is 0.0385. The van der Waals surface area contributed by atoms with Gasteiger partial charge in [0.25, 0.3) is 5.56 Å². The molecule has 0 aliphatic carbocycles. The number of nitrogens with one attached hydrogen (secondary N) is 1. The van der Waals surface area contributed by atoms with Crippen molar-refractivity contribution in [2.45, 2.75) is 6.18 Å². The molecule has 0 amide bonds. The molecule has 0 fully saturated rings. The third-order valence-corrected chi connectivity index (χ3v) is 6.40. The van der Waals surface area contributed by atoms with Crippen LogP contribution in [0, 0.1) is 0 Å². The molecule has 5 rings (SSSR count). The quantitative estimate of drug-likeness (QED) is 0.295. The van der Waals surface area contributed by atoms with Crippen LogP contribution in [0.5, 0.6) is 5.75 Å². The molecular weight excluding hydrogens is 447 g/mol. The number of fused-ring (bicyclic) bond motifs is 1. The molecule has 0 spiro atoms. The first-order valence-corrected chi connectivity index (χ1v) is 10.9. The minimum absolute atomic E-state index is 0.0989. The number of alkyl halides is 3. The number of rotatable bonds is 3. The lowest BCUT2D eigenvalue weighted by Crippen LogP contribution is -2.08. The van der Waals surface area contributed by atoms with Gasteiger partial charge in [0.15, 0.2) is 0 Å². The van der Waals surface area contributed by atoms with Gasteiger partial charge >= 0.3 is 6.18 Å². The number of hydrogen-bond donors (Lipinski definition) is 2. The van der Waals surface area contributed by atoms with Crippen LogP contribution < -0.4 is 5.56 Å². The molecule has 0 aliphatic heterocycles. The van der Waals surface area contributed by atoms with E-state index in [-0.39, 0.29) is 16.9 Å². The van der Waals surface area contributed by atoms with Crippen LogP contribution in [0.25, 0.3) is 43.6 Å². The number of H-pyrrole nitrogens is 1. The maximum absolute atomic E-state index is 13.1. The highest BCUT2D eigenvalue weighted by atomic mass is 32.1. The average Bonchev–Trinajstić information content (AvgIpc) is 3.23. The highest BCUT2D eigenvalue weighted by Crippen LogP contribution is 2.42. The maximum Gasteiger partial charge on any atom is 0.416 e. The summed E-state index contributed by atoms with van der Waals surface area (Å²) in [5.41, 5.74) is 2.35. The molecule has 0 unspecified atom stereocenters. The SMILES string of the molecule is O=c1[nH]c2scc(-c3ccc(-c4cccc(C(F)(F)F)c4)cc3)c2c(O)c1-c1ccccc1. The maximum atomic E-state index is 13.1. The van der Waals surface area contributed by atoms with E-state index in [2.05, 4.69) is 4.98 Å². The van der Waals surface area contributed by atoms with E-state index in [1.54, 1.807) is 54.6 Å². The molecule has 2 N–H and O–H groups in total. The van der Waals surface area contributed by atoms with Crippen molar-refractivity contribution in [1.82, 2.24) is 4.98 Å². The first-order valence-electron chi connectivity index (χ1n) is 10.0. The lowest BCUT2D eigenvalue weighted by Gasteiger charge is -2.10. The third-order valence-electron chi connectivity index (χ3n) is 5.50. The van der Waals surface area contributed by atoms with Crippen molar-refractivity contribution in [2.75, 3.05) is 0 Å². The number of halogens is 3. The van der Waals surface area contributed by atoms with Crippen molar-refractivity contribution in [3.8, 4) is 39.1 Å². The van der Waals surface area contributed by atoms with E-state index in [9.17, 15) is 23.1 Å². The van der Waals surface area contributed by atoms with Crippen LogP contribution in [0.2, 0.25) is 0 Å². The van der Waals surface area contributed by atoms with Gasteiger partial charge in [-0.3, -0.25) is 4.79 Å². The molecule has 0 aliphatic rings. The number of hydrogen-bond acceptors (Lipinski definition) is 3. The first-order chi connectivity index (χ1) is 15.8. The Hall–Kier alpha value is -3.84. The molecule has 0 radical (unpaired) electrons. The van der Waals surface area contributed by atoms with Gasteiger partial charge < -0.3 is 10.1 Å². The summed E-state index contributed by atoms with van der Waals surface area (Å²) in [6.07, 6.45) is -4.41. The zero-order valence-electron chi connectivity index (χ0n) is 17.0. The van der Waals surface area contributed by atoms with Crippen LogP contribution in [0.1, 0.15) is 5.56 Å². The molecule has 0 saturated carbocycles. The predicted molar refractivity (Wildman–Crippen MR) is 125 cm³/mol. The largest absolute Gasteiger partial charge is 0.506 e. The average molecular weight is 463 g/mol. The van der Waals surface area contributed by atoms with Crippen LogP contribution in [0.4, 0.5) is 13.2 Å². The molecular formula is C26H16F3NO2S. The Morgan fingerprint density at radius 3 is 2.15 bits per heavy atom. The fourth-order valence-electron chi connectivity index (χ4n) is 3.89. The molecule has 2 heterocycles. The molecule has 0 atom stereocenters. The second-order valence-corrected chi connectivity index (χ2v) is 8.43. The predicted octanol–water partition coefficient (Wildman–Crippen LogP) is 7.32. The lowest BCUT2D eigenvalue weighted by molar-refractivity contribution is -0.137. The van der Waals surface area contributed by atoms with Crippen molar-refractivity contribution in [2.24, 2.45) is 0 Å². The van der Waals surface area contributed by atoms with Crippen LogP contribution in [-0.2, 0) is 6.18 Å². The van der Waals surface area contributed by atoms with Crippen molar-refractivity contribution in [3.05, 3.63) is 100 Å². The Morgan fingerprint density at radius 1 is 0.788 bits per heavy atom. The summed E-state index contributed by atoms with van der Waals surface area (Å²) in [6, 6.07) is 21.2. The normalized spacial score (nSPS) is 11.7. The van der Waals surface area contributed by atoms with Gasteiger partial charge in [0.1, 0.15) is 10.6 Å². The fourth-order valence-corrected chi connectivity index (χ4v) is 4.85. The van der Waals surface area contributed by atoms with E-state index in [0.717, 1.165) is 23.3 Å². The highest BCUT2D eigenvalue weighted by molar-refractivity contribution is 7.17. The summed E-state index contributed by atoms with van der Waals surface area (Å²) in [5, 5.41) is 13.4. The van der Waals surface area contributed by atoms with Crippen molar-refractivity contribution in [3.63, 3.8) is 0 Å². The molecule has 7 heteroatoms. The number of benzene rings is 3. The number of aromatic nitrogens is 1. The second kappa shape index (κ2) is 7.94. The molecule has 33 heavy (non-hydrogen) atoms. The number of pyridine rings is 1. The van der Waals surface area contributed by atoms with Crippen LogP contribution in [0.3, 0.4) is 0 Å². The van der Waals surface area contributed by atoms with E-state index in [1.165, 1.54) is 17.4 Å². The monoisotopic (exact) mass is 463 g/mol. The number of aromatic amines is 1. The molecule has 0 saturated heterocycles. The molecule has 164 valence electrons. The first kappa shape index (κ1) is 21.0. The van der Waals surface area contributed by atoms with Crippen LogP contribution in [0.15, 0.2) is 89.0 Å². The van der Waals surface area contributed by atoms with Gasteiger partial charge in [-0.05, 0) is 34.4 Å². The smallest absolute Gasteiger partial charge is 0.416 e. The topological polar surface area (TPSA) is 53.1 Å². The van der Waals surface area contributed by atoms with Crippen molar-refractivity contribution < 1.29 is 18.3 Å². The van der Waals surface area contributed by atoms with Crippen LogP contribution in [-0.4, -0.2) is 10.1 Å². The van der Waals surface area contributed by atoms with Gasteiger partial charge in [0, 0.05) is 10.9 Å². The standard InChI is InChI=1S/C26H16F3NO2S/c27-26(28,29)19-8-4-7-18(13-19)15-9-11-16(12-10-15)20-14-33-25-22(20)23(31)21(24(32)30-25)17-5-2-1-3-6-17/h1-14H,(H2,30,31,32). The van der Waals surface area contributed by atoms with Gasteiger partial charge in [-0.15, -0.1) is 11.3 Å². The zero-order valence-corrected chi connectivity index (χ0v) is 17.8. The Bertz CT molecular complexity index is 1520. The van der Waals surface area contributed by atoms with Gasteiger partial charge in [0.05, 0.1) is 16.5 Å². The number of aromatic hydroxyl groups is 1. The Labute approximate surface area is 190 Å². The molecule has 3 aromatic carbocycles. The number of thiophene rings is 1. The molecule has 2 aromatic heterocycles. The van der Waals surface area contributed by atoms with Crippen molar-refractivity contribution in [1.29, 1.82) is 0 Å². The van der Waals surface area contributed by atoms with Crippen molar-refractivity contribution >= 4 is 21.6 Å². The summed E-state index contributed by atoms with van der Waals surface area (Å²) in [6.45, 7) is 0. The molecule has 5 aromatic rings. The third kappa shape index (κ3) is 3.81. The van der Waals surface area contributed by atoms with E-state index < -0.39 is 11.7 Å². The van der Waals surface area contributed by atoms with Gasteiger partial charge in [-0.1, -0.05) is 66.7 Å². The summed E-state index contributed by atoms with van der Waals surface area (Å²) < 4.78 is 39.2. The van der Waals surface area contributed by atoms with Gasteiger partial charge in [-0.2, -0.15) is 13.2 Å². The van der Waals surface area contributed by atoms with E-state index in [1.807, 2.05) is 11.4 Å². The van der Waals surface area contributed by atoms with E-state index >= 15 is 0 Å². The zero-order chi connectivity index (χ0) is 23.2. The minimum atomic E-state index is -4.41. The van der Waals surface area contributed by atoms with E-state index in [0.29, 0.717) is 26.9 Å². The molecule has 0 bridgehead atoms. The summed E-state index contributed by atoms with van der Waals surface area (Å²) >= 11 is 1.31. The van der Waals surface area contributed by atoms with Crippen LogP contribution >= 0.6 is 11.3 Å². The van der Waals surface area contributed by atoms with Gasteiger partial charge in [0.2, 0.25) is 0 Å². The summed E-state index contributed by atoms with van der Waals surface area (Å²) in [5.74, 6) is -0.0989.